The van der Waals surface area contributed by atoms with E-state index in [0.717, 1.165) is 59.4 Å². The number of hydrogen-bond acceptors (Lipinski definition) is 7. The topological polar surface area (TPSA) is 126 Å². The van der Waals surface area contributed by atoms with Crippen LogP contribution < -0.4 is 16.4 Å². The first-order chi connectivity index (χ1) is 25.4. The van der Waals surface area contributed by atoms with Gasteiger partial charge >= 0.3 is 0 Å². The molecule has 2 fully saturated rings. The third-order valence-corrected chi connectivity index (χ3v) is 9.98. The molecule has 9 nitrogen and oxygen atoms in total. The standard InChI is InChI=1S/C43H52N4O5/c44-38-15-4-5-16-39(38)46-42(50)18-10-17-41(49)45-28-32-11-8-12-34(25-32)35-13-9-14-36(26-35)43-51-37(29-47-23-6-2-1-3-7-24-47)27-40(52-43)33-21-19-31(30-48)20-22-33/h4-5,8-9,11-16,19-22,25-26,37,40,43,48H,1-3,6-7,10,17-18,23-24,27-30,44H2,(H,45,49)(H,46,50)/t37-,40+,43+/m0/s1. The fourth-order valence-corrected chi connectivity index (χ4v) is 7.06. The average Bonchev–Trinajstić information content (AvgIpc) is 3.16. The number of carbonyl (C=O) groups excluding carboxylic acids is 2. The van der Waals surface area contributed by atoms with Gasteiger partial charge in [0.2, 0.25) is 11.8 Å². The van der Waals surface area contributed by atoms with Gasteiger partial charge in [-0.05, 0) is 84.4 Å². The molecule has 9 heteroatoms. The van der Waals surface area contributed by atoms with Gasteiger partial charge in [-0.15, -0.1) is 0 Å². The van der Waals surface area contributed by atoms with Crippen LogP contribution in [0, 0.1) is 0 Å². The molecule has 4 aromatic rings. The Kier molecular flexibility index (Phi) is 13.5. The highest BCUT2D eigenvalue weighted by atomic mass is 16.7. The quantitative estimate of drug-likeness (QED) is 0.105. The van der Waals surface area contributed by atoms with Crippen molar-refractivity contribution in [1.82, 2.24) is 10.2 Å². The van der Waals surface area contributed by atoms with E-state index in [1.54, 1.807) is 12.1 Å². The first-order valence-corrected chi connectivity index (χ1v) is 18.8. The highest BCUT2D eigenvalue weighted by Crippen LogP contribution is 2.39. The molecule has 2 aliphatic heterocycles. The molecule has 2 heterocycles. The number of benzene rings is 4. The number of nitrogens with zero attached hydrogens (tertiary/aromatic N) is 1. The number of ether oxygens (including phenoxy) is 2. The van der Waals surface area contributed by atoms with E-state index in [4.69, 9.17) is 15.2 Å². The Morgan fingerprint density at radius 2 is 1.46 bits per heavy atom. The predicted molar refractivity (Wildman–Crippen MR) is 205 cm³/mol. The Labute approximate surface area is 307 Å². The molecule has 2 aliphatic rings. The molecule has 0 aromatic heterocycles. The van der Waals surface area contributed by atoms with Crippen LogP contribution in [0.3, 0.4) is 0 Å². The highest BCUT2D eigenvalue weighted by molar-refractivity contribution is 5.94. The summed E-state index contributed by atoms with van der Waals surface area (Å²) in [7, 11) is 0. The molecule has 4 aromatic carbocycles. The molecule has 0 spiro atoms. The Morgan fingerprint density at radius 3 is 2.23 bits per heavy atom. The van der Waals surface area contributed by atoms with Gasteiger partial charge in [-0.25, -0.2) is 0 Å². The van der Waals surface area contributed by atoms with Gasteiger partial charge in [-0.2, -0.15) is 0 Å². The number of anilines is 2. The summed E-state index contributed by atoms with van der Waals surface area (Å²) < 4.78 is 13.4. The van der Waals surface area contributed by atoms with Crippen molar-refractivity contribution < 1.29 is 24.2 Å². The minimum Gasteiger partial charge on any atom is -0.397 e. The zero-order valence-electron chi connectivity index (χ0n) is 30.0. The van der Waals surface area contributed by atoms with Gasteiger partial charge in [-0.1, -0.05) is 92.1 Å². The number of carbonyl (C=O) groups is 2. The summed E-state index contributed by atoms with van der Waals surface area (Å²) in [6.07, 6.45) is 7.45. The van der Waals surface area contributed by atoms with Gasteiger partial charge in [0.1, 0.15) is 0 Å². The molecule has 2 saturated heterocycles. The number of aliphatic hydroxyl groups is 1. The second-order valence-corrected chi connectivity index (χ2v) is 14.0. The van der Waals surface area contributed by atoms with Crippen LogP contribution in [0.2, 0.25) is 0 Å². The van der Waals surface area contributed by atoms with Gasteiger partial charge in [-0.3, -0.25) is 9.59 Å². The van der Waals surface area contributed by atoms with Gasteiger partial charge in [0.05, 0.1) is 30.2 Å². The lowest BCUT2D eigenvalue weighted by Crippen LogP contribution is -2.40. The van der Waals surface area contributed by atoms with Crippen LogP contribution in [-0.4, -0.2) is 47.6 Å². The number of hydrogen-bond donors (Lipinski definition) is 4. The maximum atomic E-state index is 12.6. The van der Waals surface area contributed by atoms with Crippen LogP contribution in [0.1, 0.15) is 92.4 Å². The Bertz CT molecular complexity index is 1750. The van der Waals surface area contributed by atoms with Crippen LogP contribution in [0.5, 0.6) is 0 Å². The van der Waals surface area contributed by atoms with Crippen molar-refractivity contribution in [2.45, 2.75) is 89.4 Å². The van der Waals surface area contributed by atoms with E-state index >= 15 is 0 Å². The third kappa shape index (κ3) is 10.7. The van der Waals surface area contributed by atoms with Crippen LogP contribution in [0.15, 0.2) is 97.1 Å². The number of para-hydroxylation sites is 2. The van der Waals surface area contributed by atoms with E-state index in [-0.39, 0.29) is 43.5 Å². The van der Waals surface area contributed by atoms with Gasteiger partial charge in [0.15, 0.2) is 6.29 Å². The molecule has 0 bridgehead atoms. The summed E-state index contributed by atoms with van der Waals surface area (Å²) in [6.45, 7) is 3.50. The third-order valence-electron chi connectivity index (χ3n) is 9.98. The first kappa shape index (κ1) is 37.2. The van der Waals surface area contributed by atoms with Crippen LogP contribution in [0.4, 0.5) is 11.4 Å². The lowest BCUT2D eigenvalue weighted by molar-refractivity contribution is -0.253. The van der Waals surface area contributed by atoms with Crippen LogP contribution in [-0.2, 0) is 32.2 Å². The van der Waals surface area contributed by atoms with E-state index in [1.165, 1.54) is 32.1 Å². The Balaban J connectivity index is 1.08. The molecule has 3 atom stereocenters. The summed E-state index contributed by atoms with van der Waals surface area (Å²) in [5, 5.41) is 15.4. The van der Waals surface area contributed by atoms with Crippen molar-refractivity contribution in [3.8, 4) is 11.1 Å². The maximum Gasteiger partial charge on any atom is 0.224 e. The normalized spacial score (nSPS) is 19.7. The first-order valence-electron chi connectivity index (χ1n) is 18.8. The molecule has 0 aliphatic carbocycles. The largest absolute Gasteiger partial charge is 0.397 e. The lowest BCUT2D eigenvalue weighted by atomic mass is 9.98. The Hall–Kier alpha value is -4.54. The van der Waals surface area contributed by atoms with Crippen LogP contribution >= 0.6 is 0 Å². The molecular formula is C43H52N4O5. The molecule has 0 unspecified atom stereocenters. The van der Waals surface area contributed by atoms with Gasteiger partial charge in [0.25, 0.3) is 0 Å². The molecule has 0 saturated carbocycles. The monoisotopic (exact) mass is 704 g/mol. The maximum absolute atomic E-state index is 12.6. The molecule has 52 heavy (non-hydrogen) atoms. The van der Waals surface area contributed by atoms with Crippen molar-refractivity contribution >= 4 is 23.2 Å². The average molecular weight is 705 g/mol. The lowest BCUT2D eigenvalue weighted by Gasteiger charge is -2.39. The minimum absolute atomic E-state index is 0.0156. The van der Waals surface area contributed by atoms with Crippen molar-refractivity contribution in [2.75, 3.05) is 30.7 Å². The molecular weight excluding hydrogens is 652 g/mol. The van der Waals surface area contributed by atoms with Crippen molar-refractivity contribution in [3.63, 3.8) is 0 Å². The predicted octanol–water partition coefficient (Wildman–Crippen LogP) is 7.66. The van der Waals surface area contributed by atoms with E-state index < -0.39 is 6.29 Å². The van der Waals surface area contributed by atoms with E-state index in [1.807, 2.05) is 42.5 Å². The summed E-state index contributed by atoms with van der Waals surface area (Å²) in [5.74, 6) is -0.267. The number of likely N-dealkylation sites (tertiary alicyclic amines) is 1. The highest BCUT2D eigenvalue weighted by Gasteiger charge is 2.33. The molecule has 0 radical (unpaired) electrons. The summed E-state index contributed by atoms with van der Waals surface area (Å²) in [4.78, 5) is 27.5. The number of aliphatic hydroxyl groups excluding tert-OH is 1. The molecule has 274 valence electrons. The zero-order chi connectivity index (χ0) is 36.1. The summed E-state index contributed by atoms with van der Waals surface area (Å²) >= 11 is 0. The molecule has 6 rings (SSSR count). The molecule has 2 amide bonds. The zero-order valence-corrected chi connectivity index (χ0v) is 30.0. The van der Waals surface area contributed by atoms with E-state index in [0.29, 0.717) is 24.3 Å². The second kappa shape index (κ2) is 18.8. The SMILES string of the molecule is Nc1ccccc1NC(=O)CCCC(=O)NCc1cccc(-c2cccc([C@@H]3O[C@H](CN4CCCCCCC4)C[C@H](c4ccc(CO)cc4)O3)c2)c1. The van der Waals surface area contributed by atoms with Crippen molar-refractivity contribution in [2.24, 2.45) is 0 Å². The second-order valence-electron chi connectivity index (χ2n) is 14.0. The Morgan fingerprint density at radius 1 is 0.750 bits per heavy atom. The number of nitrogens with one attached hydrogen (secondary N) is 2. The van der Waals surface area contributed by atoms with Crippen molar-refractivity contribution in [1.29, 1.82) is 0 Å². The fourth-order valence-electron chi connectivity index (χ4n) is 7.06. The van der Waals surface area contributed by atoms with Gasteiger partial charge < -0.3 is 35.8 Å². The van der Waals surface area contributed by atoms with E-state index in [9.17, 15) is 14.7 Å². The number of rotatable bonds is 13. The van der Waals surface area contributed by atoms with Crippen molar-refractivity contribution in [3.05, 3.63) is 119 Å². The minimum atomic E-state index is -0.523. The van der Waals surface area contributed by atoms with Crippen LogP contribution in [0.25, 0.3) is 11.1 Å². The summed E-state index contributed by atoms with van der Waals surface area (Å²) in [5.41, 5.74) is 13.0. The van der Waals surface area contributed by atoms with E-state index in [2.05, 4.69) is 58.0 Å². The number of nitrogen functional groups attached to an aromatic ring is 1. The number of amides is 2. The summed E-state index contributed by atoms with van der Waals surface area (Å²) in [6, 6.07) is 31.7. The smallest absolute Gasteiger partial charge is 0.224 e. The van der Waals surface area contributed by atoms with Gasteiger partial charge in [0, 0.05) is 37.9 Å². The fraction of sp³-hybridized carbons (Fsp3) is 0.395. The molecule has 5 N–H and O–H groups in total. The number of nitrogens with two attached hydrogens (primary N) is 1.